The maximum atomic E-state index is 12.0. The monoisotopic (exact) mass is 344 g/mol. The molecule has 0 spiro atoms. The average Bonchev–Trinajstić information content (AvgIpc) is 3.08. The Morgan fingerprint density at radius 1 is 1.32 bits per heavy atom. The Bertz CT molecular complexity index is 738. The predicted octanol–water partition coefficient (Wildman–Crippen LogP) is 2.25. The van der Waals surface area contributed by atoms with Crippen LogP contribution >= 0.6 is 0 Å². The number of carbonyl (C=O) groups excluding carboxylic acids is 1. The molecular formula is C18H24N4O3. The topological polar surface area (TPSA) is 78.3 Å². The predicted molar refractivity (Wildman–Crippen MR) is 95.7 cm³/mol. The van der Waals surface area contributed by atoms with Crippen LogP contribution in [0.1, 0.15) is 31.3 Å². The van der Waals surface area contributed by atoms with E-state index in [1.54, 1.807) is 32.7 Å². The largest absolute Gasteiger partial charge is 0.497 e. The molecule has 1 heterocycles. The summed E-state index contributed by atoms with van der Waals surface area (Å²) in [6, 6.07) is 5.73. The van der Waals surface area contributed by atoms with E-state index in [1.807, 2.05) is 16.7 Å². The second-order valence-corrected chi connectivity index (χ2v) is 5.73. The first-order valence-electron chi connectivity index (χ1n) is 8.11. The molecule has 0 saturated carbocycles. The van der Waals surface area contributed by atoms with Crippen LogP contribution in [-0.4, -0.2) is 41.4 Å². The number of hydrogen-bond donors (Lipinski definition) is 1. The van der Waals surface area contributed by atoms with Crippen LogP contribution in [0.4, 0.5) is 0 Å². The summed E-state index contributed by atoms with van der Waals surface area (Å²) in [6.07, 6.45) is 5.53. The van der Waals surface area contributed by atoms with Crippen LogP contribution in [0.15, 0.2) is 30.6 Å². The van der Waals surface area contributed by atoms with Crippen molar-refractivity contribution in [2.45, 2.75) is 26.3 Å². The van der Waals surface area contributed by atoms with Crippen molar-refractivity contribution in [1.82, 2.24) is 20.1 Å². The second-order valence-electron chi connectivity index (χ2n) is 5.73. The molecule has 2 rings (SSSR count). The maximum absolute atomic E-state index is 12.0. The smallest absolute Gasteiger partial charge is 0.244 e. The molecule has 0 bridgehead atoms. The zero-order chi connectivity index (χ0) is 18.2. The van der Waals surface area contributed by atoms with Gasteiger partial charge in [0.1, 0.15) is 23.7 Å². The Morgan fingerprint density at radius 3 is 2.80 bits per heavy atom. The molecule has 0 aliphatic heterocycles. The lowest BCUT2D eigenvalue weighted by Gasteiger charge is -2.10. The molecule has 0 radical (unpaired) electrons. The fraction of sp³-hybridized carbons (Fsp3) is 0.389. The highest BCUT2D eigenvalue weighted by molar-refractivity contribution is 5.92. The van der Waals surface area contributed by atoms with Crippen molar-refractivity contribution >= 4 is 12.0 Å². The molecule has 7 nitrogen and oxygen atoms in total. The molecular weight excluding hydrogens is 320 g/mol. The fourth-order valence-electron chi connectivity index (χ4n) is 2.35. The number of carbonyl (C=O) groups is 1. The molecule has 134 valence electrons. The van der Waals surface area contributed by atoms with Gasteiger partial charge in [0, 0.05) is 36.7 Å². The molecule has 0 fully saturated rings. The van der Waals surface area contributed by atoms with E-state index in [9.17, 15) is 4.79 Å². The minimum atomic E-state index is -0.173. The number of benzene rings is 1. The van der Waals surface area contributed by atoms with Gasteiger partial charge >= 0.3 is 0 Å². The Labute approximate surface area is 147 Å². The molecule has 0 atom stereocenters. The first-order chi connectivity index (χ1) is 12.0. The fourth-order valence-corrected chi connectivity index (χ4v) is 2.35. The highest BCUT2D eigenvalue weighted by Gasteiger charge is 2.07. The van der Waals surface area contributed by atoms with Gasteiger partial charge in [0.05, 0.1) is 14.2 Å². The number of hydrogen-bond acceptors (Lipinski definition) is 5. The van der Waals surface area contributed by atoms with Crippen molar-refractivity contribution in [2.24, 2.45) is 0 Å². The summed E-state index contributed by atoms with van der Waals surface area (Å²) >= 11 is 0. The zero-order valence-corrected chi connectivity index (χ0v) is 15.0. The van der Waals surface area contributed by atoms with Crippen LogP contribution in [0, 0.1) is 0 Å². The van der Waals surface area contributed by atoms with E-state index in [0.717, 1.165) is 11.4 Å². The van der Waals surface area contributed by atoms with Gasteiger partial charge in [-0.2, -0.15) is 0 Å². The standard InChI is InChI=1S/C18H24N4O3/c1-13(2)22-12-20-21-17(22)9-10-19-18(23)8-6-14-5-7-15(24-3)11-16(14)25-4/h5-8,11-13H,9-10H2,1-4H3,(H,19,23)/b8-6+. The van der Waals surface area contributed by atoms with Crippen LogP contribution < -0.4 is 14.8 Å². The third-order valence-electron chi connectivity index (χ3n) is 3.71. The highest BCUT2D eigenvalue weighted by Crippen LogP contribution is 2.25. The van der Waals surface area contributed by atoms with Crippen molar-refractivity contribution in [3.05, 3.63) is 42.0 Å². The zero-order valence-electron chi connectivity index (χ0n) is 15.0. The van der Waals surface area contributed by atoms with Crippen molar-refractivity contribution in [3.63, 3.8) is 0 Å². The van der Waals surface area contributed by atoms with Gasteiger partial charge in [-0.3, -0.25) is 4.79 Å². The molecule has 1 aromatic heterocycles. The third kappa shape index (κ3) is 5.07. The minimum absolute atomic E-state index is 0.173. The second kappa shape index (κ2) is 8.86. The summed E-state index contributed by atoms with van der Waals surface area (Å²) in [4.78, 5) is 12.0. The molecule has 7 heteroatoms. The molecule has 1 N–H and O–H groups in total. The first kappa shape index (κ1) is 18.5. The molecule has 0 saturated heterocycles. The normalized spacial score (nSPS) is 11.1. The maximum Gasteiger partial charge on any atom is 0.244 e. The van der Waals surface area contributed by atoms with Crippen molar-refractivity contribution in [2.75, 3.05) is 20.8 Å². The SMILES string of the molecule is COc1ccc(/C=C/C(=O)NCCc2nncn2C(C)C)c(OC)c1. The summed E-state index contributed by atoms with van der Waals surface area (Å²) in [5, 5.41) is 10.8. The Hall–Kier alpha value is -2.83. The number of aromatic nitrogens is 3. The molecule has 25 heavy (non-hydrogen) atoms. The summed E-state index contributed by atoms with van der Waals surface area (Å²) in [5.41, 5.74) is 0.804. The van der Waals surface area contributed by atoms with Gasteiger partial charge in [0.15, 0.2) is 0 Å². The minimum Gasteiger partial charge on any atom is -0.497 e. The molecule has 0 aliphatic carbocycles. The average molecular weight is 344 g/mol. The first-order valence-corrected chi connectivity index (χ1v) is 8.11. The van der Waals surface area contributed by atoms with Gasteiger partial charge in [-0.1, -0.05) is 0 Å². The highest BCUT2D eigenvalue weighted by atomic mass is 16.5. The van der Waals surface area contributed by atoms with Crippen molar-refractivity contribution in [1.29, 1.82) is 0 Å². The molecule has 1 amide bonds. The van der Waals surface area contributed by atoms with Gasteiger partial charge in [-0.15, -0.1) is 10.2 Å². The summed E-state index contributed by atoms with van der Waals surface area (Å²) in [7, 11) is 3.18. The summed E-state index contributed by atoms with van der Waals surface area (Å²) < 4.78 is 12.5. The molecule has 2 aromatic rings. The van der Waals surface area contributed by atoms with E-state index in [1.165, 1.54) is 6.08 Å². The van der Waals surface area contributed by atoms with E-state index in [0.29, 0.717) is 30.5 Å². The molecule has 0 unspecified atom stereocenters. The van der Waals surface area contributed by atoms with Gasteiger partial charge in [0.2, 0.25) is 5.91 Å². The summed E-state index contributed by atoms with van der Waals surface area (Å²) in [6.45, 7) is 4.63. The Balaban J connectivity index is 1.90. The third-order valence-corrected chi connectivity index (χ3v) is 3.71. The summed E-state index contributed by atoms with van der Waals surface area (Å²) in [5.74, 6) is 2.03. The number of nitrogens with one attached hydrogen (secondary N) is 1. The quantitative estimate of drug-likeness (QED) is 0.743. The number of amides is 1. The van der Waals surface area contributed by atoms with Crippen LogP contribution in [0.5, 0.6) is 11.5 Å². The Kier molecular flexibility index (Phi) is 6.56. The number of ether oxygens (including phenoxy) is 2. The molecule has 1 aromatic carbocycles. The van der Waals surface area contributed by atoms with E-state index in [-0.39, 0.29) is 5.91 Å². The van der Waals surface area contributed by atoms with Crippen molar-refractivity contribution in [3.8, 4) is 11.5 Å². The van der Waals surface area contributed by atoms with Crippen molar-refractivity contribution < 1.29 is 14.3 Å². The Morgan fingerprint density at radius 2 is 2.12 bits per heavy atom. The van der Waals surface area contributed by atoms with Crippen LogP contribution in [0.2, 0.25) is 0 Å². The van der Waals surface area contributed by atoms with E-state index in [2.05, 4.69) is 29.4 Å². The van der Waals surface area contributed by atoms with Crippen LogP contribution in [0.25, 0.3) is 6.08 Å². The van der Waals surface area contributed by atoms with Gasteiger partial charge in [-0.25, -0.2) is 0 Å². The number of methoxy groups -OCH3 is 2. The van der Waals surface area contributed by atoms with E-state index >= 15 is 0 Å². The van der Waals surface area contributed by atoms with Gasteiger partial charge in [0.25, 0.3) is 0 Å². The van der Waals surface area contributed by atoms with Crippen LogP contribution in [-0.2, 0) is 11.2 Å². The van der Waals surface area contributed by atoms with Crippen LogP contribution in [0.3, 0.4) is 0 Å². The molecule has 0 aliphatic rings. The lowest BCUT2D eigenvalue weighted by atomic mass is 10.1. The van der Waals surface area contributed by atoms with E-state index < -0.39 is 0 Å². The van der Waals surface area contributed by atoms with Gasteiger partial charge < -0.3 is 19.4 Å². The van der Waals surface area contributed by atoms with E-state index in [4.69, 9.17) is 9.47 Å². The lowest BCUT2D eigenvalue weighted by molar-refractivity contribution is -0.116. The number of rotatable bonds is 8. The van der Waals surface area contributed by atoms with Gasteiger partial charge in [-0.05, 0) is 32.1 Å². The number of nitrogens with zero attached hydrogens (tertiary/aromatic N) is 3. The lowest BCUT2D eigenvalue weighted by Crippen LogP contribution is -2.24.